The van der Waals surface area contributed by atoms with Crippen molar-refractivity contribution in [3.63, 3.8) is 0 Å². The van der Waals surface area contributed by atoms with Crippen LogP contribution in [0.1, 0.15) is 29.0 Å². The first-order valence-corrected chi connectivity index (χ1v) is 9.56. The Labute approximate surface area is 167 Å². The summed E-state index contributed by atoms with van der Waals surface area (Å²) < 4.78 is 10.2. The largest absolute Gasteiger partial charge is 0.497 e. The fraction of sp³-hybridized carbons (Fsp3) is 0.190. The molecule has 6 nitrogen and oxygen atoms in total. The minimum Gasteiger partial charge on any atom is -0.497 e. The first-order valence-electron chi connectivity index (χ1n) is 8.68. The van der Waals surface area contributed by atoms with Gasteiger partial charge in [0.2, 0.25) is 0 Å². The number of methoxy groups -OCH3 is 1. The summed E-state index contributed by atoms with van der Waals surface area (Å²) in [4.78, 5) is 28.5. The van der Waals surface area contributed by atoms with Crippen LogP contribution in [0.2, 0.25) is 0 Å². The fourth-order valence-electron chi connectivity index (χ4n) is 2.55. The Hall–Kier alpha value is -3.19. The van der Waals surface area contributed by atoms with Gasteiger partial charge in [-0.3, -0.25) is 4.79 Å². The van der Waals surface area contributed by atoms with E-state index in [1.165, 1.54) is 11.3 Å². The van der Waals surface area contributed by atoms with Crippen molar-refractivity contribution in [3.05, 3.63) is 71.2 Å². The van der Waals surface area contributed by atoms with E-state index in [0.29, 0.717) is 5.01 Å². The zero-order valence-corrected chi connectivity index (χ0v) is 16.4. The number of aromatic nitrogens is 1. The van der Waals surface area contributed by atoms with Crippen LogP contribution in [0, 0.1) is 0 Å². The number of carbonyl (C=O) groups excluding carboxylic acids is 2. The fourth-order valence-corrected chi connectivity index (χ4v) is 3.34. The summed E-state index contributed by atoms with van der Waals surface area (Å²) >= 11 is 1.33. The second-order valence-electron chi connectivity index (χ2n) is 6.04. The van der Waals surface area contributed by atoms with E-state index in [4.69, 9.17) is 9.47 Å². The Kier molecular flexibility index (Phi) is 6.39. The van der Waals surface area contributed by atoms with Crippen molar-refractivity contribution in [1.29, 1.82) is 0 Å². The Morgan fingerprint density at radius 3 is 2.50 bits per heavy atom. The lowest BCUT2D eigenvalue weighted by Gasteiger charge is -2.14. The average Bonchev–Trinajstić information content (AvgIpc) is 3.23. The van der Waals surface area contributed by atoms with Crippen LogP contribution in [0.5, 0.6) is 5.75 Å². The Morgan fingerprint density at radius 1 is 1.11 bits per heavy atom. The minimum absolute atomic E-state index is 0.173. The molecule has 0 unspecified atom stereocenters. The zero-order valence-electron chi connectivity index (χ0n) is 15.5. The number of thiazole rings is 1. The molecule has 1 heterocycles. The number of amides is 1. The number of ether oxygens (including phenoxy) is 2. The number of benzene rings is 2. The lowest BCUT2D eigenvalue weighted by molar-refractivity contribution is -0.124. The van der Waals surface area contributed by atoms with Crippen LogP contribution in [-0.4, -0.2) is 30.6 Å². The van der Waals surface area contributed by atoms with Crippen LogP contribution >= 0.6 is 11.3 Å². The van der Waals surface area contributed by atoms with Crippen molar-refractivity contribution in [3.8, 4) is 16.3 Å². The van der Waals surface area contributed by atoms with Gasteiger partial charge in [-0.2, -0.15) is 0 Å². The molecule has 144 valence electrons. The number of nitrogens with one attached hydrogen (secondary N) is 1. The van der Waals surface area contributed by atoms with Gasteiger partial charge < -0.3 is 14.8 Å². The Balaban J connectivity index is 1.53. The lowest BCUT2D eigenvalue weighted by Crippen LogP contribution is -2.31. The van der Waals surface area contributed by atoms with Crippen LogP contribution in [-0.2, 0) is 9.53 Å². The summed E-state index contributed by atoms with van der Waals surface area (Å²) in [5.74, 6) is -0.246. The molecule has 0 bridgehead atoms. The second-order valence-corrected chi connectivity index (χ2v) is 6.90. The van der Waals surface area contributed by atoms with Gasteiger partial charge in [-0.1, -0.05) is 30.3 Å². The summed E-state index contributed by atoms with van der Waals surface area (Å²) in [5, 5.41) is 5.11. The first-order chi connectivity index (χ1) is 13.6. The van der Waals surface area contributed by atoms with E-state index in [1.54, 1.807) is 12.5 Å². The first kappa shape index (κ1) is 19.6. The molecule has 0 saturated heterocycles. The van der Waals surface area contributed by atoms with Gasteiger partial charge in [0.15, 0.2) is 12.3 Å². The van der Waals surface area contributed by atoms with Crippen LogP contribution in [0.15, 0.2) is 60.0 Å². The predicted molar refractivity (Wildman–Crippen MR) is 107 cm³/mol. The molecule has 2 aromatic carbocycles. The minimum atomic E-state index is -0.626. The standard InChI is InChI=1S/C21H20N2O4S/c1-14(15-6-4-3-5-7-15)22-19(24)12-27-21(25)18-13-28-20(23-18)16-8-10-17(26-2)11-9-16/h3-11,13-14H,12H2,1-2H3,(H,22,24)/t14-/m1/s1. The number of nitrogens with zero attached hydrogens (tertiary/aromatic N) is 1. The van der Waals surface area contributed by atoms with Gasteiger partial charge in [-0.15, -0.1) is 11.3 Å². The molecule has 0 fully saturated rings. The van der Waals surface area contributed by atoms with Crippen LogP contribution in [0.4, 0.5) is 0 Å². The predicted octanol–water partition coefficient (Wildman–Crippen LogP) is 3.85. The van der Waals surface area contributed by atoms with Gasteiger partial charge in [0, 0.05) is 10.9 Å². The molecule has 28 heavy (non-hydrogen) atoms. The van der Waals surface area contributed by atoms with Crippen molar-refractivity contribution in [2.45, 2.75) is 13.0 Å². The zero-order chi connectivity index (χ0) is 19.9. The van der Waals surface area contributed by atoms with Gasteiger partial charge in [-0.25, -0.2) is 9.78 Å². The molecule has 1 aromatic heterocycles. The van der Waals surface area contributed by atoms with Crippen LogP contribution < -0.4 is 10.1 Å². The molecule has 0 radical (unpaired) electrons. The second kappa shape index (κ2) is 9.14. The summed E-state index contributed by atoms with van der Waals surface area (Å²) in [6.45, 7) is 1.52. The quantitative estimate of drug-likeness (QED) is 0.614. The number of carbonyl (C=O) groups is 2. The summed E-state index contributed by atoms with van der Waals surface area (Å²) in [5.41, 5.74) is 2.03. The van der Waals surface area contributed by atoms with Gasteiger partial charge in [0.05, 0.1) is 13.2 Å². The van der Waals surface area contributed by atoms with Gasteiger partial charge >= 0.3 is 5.97 Å². The third-order valence-corrected chi connectivity index (χ3v) is 4.95. The maximum absolute atomic E-state index is 12.2. The van der Waals surface area contributed by atoms with E-state index in [1.807, 2.05) is 61.5 Å². The number of rotatable bonds is 7. The molecule has 0 spiro atoms. The number of esters is 1. The van der Waals surface area contributed by atoms with E-state index in [2.05, 4.69) is 10.3 Å². The van der Waals surface area contributed by atoms with E-state index >= 15 is 0 Å². The molecule has 1 N–H and O–H groups in total. The number of hydrogen-bond acceptors (Lipinski definition) is 6. The van der Waals surface area contributed by atoms with Crippen LogP contribution in [0.25, 0.3) is 10.6 Å². The third-order valence-electron chi connectivity index (χ3n) is 4.06. The van der Waals surface area contributed by atoms with E-state index < -0.39 is 5.97 Å². The molecular formula is C21H20N2O4S. The highest BCUT2D eigenvalue weighted by atomic mass is 32.1. The van der Waals surface area contributed by atoms with E-state index in [9.17, 15) is 9.59 Å². The molecule has 0 saturated carbocycles. The highest BCUT2D eigenvalue weighted by Gasteiger charge is 2.16. The summed E-state index contributed by atoms with van der Waals surface area (Å²) in [6, 6.07) is 16.8. The van der Waals surface area contributed by atoms with Crippen molar-refractivity contribution in [2.75, 3.05) is 13.7 Å². The maximum atomic E-state index is 12.2. The Bertz CT molecular complexity index is 939. The monoisotopic (exact) mass is 396 g/mol. The number of hydrogen-bond donors (Lipinski definition) is 1. The maximum Gasteiger partial charge on any atom is 0.358 e. The molecular weight excluding hydrogens is 376 g/mol. The molecule has 1 amide bonds. The van der Waals surface area contributed by atoms with Crippen molar-refractivity contribution in [2.24, 2.45) is 0 Å². The van der Waals surface area contributed by atoms with E-state index in [-0.39, 0.29) is 24.2 Å². The highest BCUT2D eigenvalue weighted by Crippen LogP contribution is 2.26. The average molecular weight is 396 g/mol. The molecule has 0 aliphatic rings. The normalized spacial score (nSPS) is 11.5. The van der Waals surface area contributed by atoms with Crippen molar-refractivity contribution in [1.82, 2.24) is 10.3 Å². The molecule has 0 aliphatic heterocycles. The molecule has 3 rings (SSSR count). The van der Waals surface area contributed by atoms with Gasteiger partial charge in [0.1, 0.15) is 10.8 Å². The summed E-state index contributed by atoms with van der Waals surface area (Å²) in [7, 11) is 1.60. The third kappa shape index (κ3) is 4.95. The summed E-state index contributed by atoms with van der Waals surface area (Å²) in [6.07, 6.45) is 0. The van der Waals surface area contributed by atoms with E-state index in [0.717, 1.165) is 16.9 Å². The topological polar surface area (TPSA) is 77.5 Å². The molecule has 1 atom stereocenters. The van der Waals surface area contributed by atoms with Crippen LogP contribution in [0.3, 0.4) is 0 Å². The molecule has 0 aliphatic carbocycles. The lowest BCUT2D eigenvalue weighted by atomic mass is 10.1. The van der Waals surface area contributed by atoms with Gasteiger partial charge in [0.25, 0.3) is 5.91 Å². The molecule has 7 heteroatoms. The molecule has 3 aromatic rings. The highest BCUT2D eigenvalue weighted by molar-refractivity contribution is 7.13. The smallest absolute Gasteiger partial charge is 0.358 e. The van der Waals surface area contributed by atoms with Gasteiger partial charge in [-0.05, 0) is 36.8 Å². The van der Waals surface area contributed by atoms with Crippen molar-refractivity contribution < 1.29 is 19.1 Å². The van der Waals surface area contributed by atoms with Crippen molar-refractivity contribution >= 4 is 23.2 Å². The SMILES string of the molecule is COc1ccc(-c2nc(C(=O)OCC(=O)N[C@H](C)c3ccccc3)cs2)cc1. The Morgan fingerprint density at radius 2 is 1.82 bits per heavy atom.